The van der Waals surface area contributed by atoms with E-state index in [9.17, 15) is 4.79 Å². The molecule has 0 atom stereocenters. The first-order chi connectivity index (χ1) is 9.58. The molecule has 0 N–H and O–H groups in total. The van der Waals surface area contributed by atoms with Gasteiger partial charge in [-0.05, 0) is 45.9 Å². The Balaban J connectivity index is 3.00. The quantitative estimate of drug-likeness (QED) is 0.566. The third kappa shape index (κ3) is 4.96. The highest BCUT2D eigenvalue weighted by Crippen LogP contribution is 2.30. The van der Waals surface area contributed by atoms with Crippen molar-refractivity contribution in [2.75, 3.05) is 13.2 Å². The largest absolute Gasteiger partial charge is 0.493 e. The van der Waals surface area contributed by atoms with E-state index in [0.29, 0.717) is 24.7 Å². The summed E-state index contributed by atoms with van der Waals surface area (Å²) in [4.78, 5) is 11.6. The molecule has 1 aromatic rings. The van der Waals surface area contributed by atoms with E-state index >= 15 is 0 Å². The third-order valence-corrected chi connectivity index (χ3v) is 2.36. The SMILES string of the molecule is CCOc1cccc(OCC)c1C=CC(=O)OC(C)C. The molecule has 0 amide bonds. The van der Waals surface area contributed by atoms with Crippen molar-refractivity contribution in [3.05, 3.63) is 29.8 Å². The number of rotatable bonds is 7. The highest BCUT2D eigenvalue weighted by molar-refractivity contribution is 5.88. The number of hydrogen-bond acceptors (Lipinski definition) is 4. The minimum atomic E-state index is -0.381. The highest BCUT2D eigenvalue weighted by Gasteiger charge is 2.09. The van der Waals surface area contributed by atoms with Crippen LogP contribution in [0.4, 0.5) is 0 Å². The van der Waals surface area contributed by atoms with E-state index in [1.807, 2.05) is 45.9 Å². The fourth-order valence-corrected chi connectivity index (χ4v) is 1.67. The number of carbonyl (C=O) groups excluding carboxylic acids is 1. The monoisotopic (exact) mass is 278 g/mol. The van der Waals surface area contributed by atoms with Gasteiger partial charge in [0.1, 0.15) is 11.5 Å². The topological polar surface area (TPSA) is 44.8 Å². The van der Waals surface area contributed by atoms with Crippen LogP contribution in [0.1, 0.15) is 33.3 Å². The van der Waals surface area contributed by atoms with Crippen molar-refractivity contribution in [3.8, 4) is 11.5 Å². The molecular weight excluding hydrogens is 256 g/mol. The lowest BCUT2D eigenvalue weighted by Gasteiger charge is -2.12. The molecule has 0 aromatic heterocycles. The van der Waals surface area contributed by atoms with Crippen LogP contribution in [-0.2, 0) is 9.53 Å². The Morgan fingerprint density at radius 2 is 1.70 bits per heavy atom. The average Bonchev–Trinajstić information content (AvgIpc) is 2.38. The van der Waals surface area contributed by atoms with E-state index in [1.165, 1.54) is 6.08 Å². The van der Waals surface area contributed by atoms with E-state index < -0.39 is 0 Å². The molecule has 1 aromatic carbocycles. The van der Waals surface area contributed by atoms with Crippen molar-refractivity contribution in [2.45, 2.75) is 33.8 Å². The molecule has 0 saturated carbocycles. The lowest BCUT2D eigenvalue weighted by molar-refractivity contribution is -0.141. The number of esters is 1. The molecule has 0 aliphatic carbocycles. The summed E-state index contributed by atoms with van der Waals surface area (Å²) in [6.07, 6.45) is 2.92. The Morgan fingerprint density at radius 1 is 1.15 bits per heavy atom. The van der Waals surface area contributed by atoms with Crippen molar-refractivity contribution < 1.29 is 19.0 Å². The van der Waals surface area contributed by atoms with E-state index in [4.69, 9.17) is 14.2 Å². The third-order valence-electron chi connectivity index (χ3n) is 2.36. The van der Waals surface area contributed by atoms with Crippen LogP contribution in [0.2, 0.25) is 0 Å². The Bertz CT molecular complexity index is 439. The first kappa shape index (κ1) is 16.1. The van der Waals surface area contributed by atoms with Crippen molar-refractivity contribution >= 4 is 12.0 Å². The Kier molecular flexibility index (Phi) is 6.64. The molecule has 20 heavy (non-hydrogen) atoms. The van der Waals surface area contributed by atoms with Crippen molar-refractivity contribution in [1.82, 2.24) is 0 Å². The smallest absolute Gasteiger partial charge is 0.331 e. The minimum Gasteiger partial charge on any atom is -0.493 e. The first-order valence-electron chi connectivity index (χ1n) is 6.85. The predicted octanol–water partition coefficient (Wildman–Crippen LogP) is 3.45. The van der Waals surface area contributed by atoms with Gasteiger partial charge < -0.3 is 14.2 Å². The Labute approximate surface area is 120 Å². The van der Waals surface area contributed by atoms with Crippen molar-refractivity contribution in [1.29, 1.82) is 0 Å². The molecule has 110 valence electrons. The standard InChI is InChI=1S/C16H22O4/c1-5-18-14-8-7-9-15(19-6-2)13(14)10-11-16(17)20-12(3)4/h7-12H,5-6H2,1-4H3. The van der Waals surface area contributed by atoms with Crippen LogP contribution in [-0.4, -0.2) is 25.3 Å². The van der Waals surface area contributed by atoms with Crippen LogP contribution in [0.25, 0.3) is 6.08 Å². The minimum absolute atomic E-state index is 0.138. The highest BCUT2D eigenvalue weighted by atomic mass is 16.5. The molecule has 4 heteroatoms. The maximum atomic E-state index is 11.6. The van der Waals surface area contributed by atoms with Gasteiger partial charge in [-0.15, -0.1) is 0 Å². The zero-order valence-corrected chi connectivity index (χ0v) is 12.5. The summed E-state index contributed by atoms with van der Waals surface area (Å²) in [6, 6.07) is 5.55. The summed E-state index contributed by atoms with van der Waals surface area (Å²) in [5, 5.41) is 0. The zero-order valence-electron chi connectivity index (χ0n) is 12.5. The van der Waals surface area contributed by atoms with Gasteiger partial charge in [-0.3, -0.25) is 0 Å². The van der Waals surface area contributed by atoms with Crippen molar-refractivity contribution in [3.63, 3.8) is 0 Å². The molecule has 0 aliphatic heterocycles. The second kappa shape index (κ2) is 8.25. The van der Waals surface area contributed by atoms with Crippen molar-refractivity contribution in [2.24, 2.45) is 0 Å². The maximum Gasteiger partial charge on any atom is 0.331 e. The van der Waals surface area contributed by atoms with Gasteiger partial charge in [-0.2, -0.15) is 0 Å². The van der Waals surface area contributed by atoms with Crippen LogP contribution >= 0.6 is 0 Å². The molecule has 0 fully saturated rings. The van der Waals surface area contributed by atoms with E-state index in [0.717, 1.165) is 5.56 Å². The fourth-order valence-electron chi connectivity index (χ4n) is 1.67. The second-order valence-electron chi connectivity index (χ2n) is 4.35. The zero-order chi connectivity index (χ0) is 15.0. The van der Waals surface area contributed by atoms with Crippen LogP contribution < -0.4 is 9.47 Å². The van der Waals surface area contributed by atoms with Crippen LogP contribution in [0, 0.1) is 0 Å². The molecular formula is C16H22O4. The normalized spacial score (nSPS) is 10.8. The van der Waals surface area contributed by atoms with Gasteiger partial charge in [0.25, 0.3) is 0 Å². The van der Waals surface area contributed by atoms with Gasteiger partial charge in [0, 0.05) is 6.08 Å². The molecule has 0 bridgehead atoms. The predicted molar refractivity (Wildman–Crippen MR) is 79.0 cm³/mol. The molecule has 1 rings (SSSR count). The van der Waals surface area contributed by atoms with Crippen LogP contribution in [0.3, 0.4) is 0 Å². The van der Waals surface area contributed by atoms with Gasteiger partial charge in [0.15, 0.2) is 0 Å². The van der Waals surface area contributed by atoms with Gasteiger partial charge in [-0.1, -0.05) is 6.07 Å². The van der Waals surface area contributed by atoms with E-state index in [2.05, 4.69) is 0 Å². The summed E-state index contributed by atoms with van der Waals surface area (Å²) >= 11 is 0. The number of ether oxygens (including phenoxy) is 3. The molecule has 4 nitrogen and oxygen atoms in total. The molecule has 0 spiro atoms. The Morgan fingerprint density at radius 3 is 2.15 bits per heavy atom. The summed E-state index contributed by atoms with van der Waals surface area (Å²) in [6.45, 7) is 8.54. The summed E-state index contributed by atoms with van der Waals surface area (Å²) in [5.74, 6) is 0.993. The van der Waals surface area contributed by atoms with Gasteiger partial charge in [0.2, 0.25) is 0 Å². The summed E-state index contributed by atoms with van der Waals surface area (Å²) in [5.41, 5.74) is 0.747. The van der Waals surface area contributed by atoms with Gasteiger partial charge >= 0.3 is 5.97 Å². The molecule has 0 aliphatic rings. The molecule has 0 unspecified atom stereocenters. The van der Waals surface area contributed by atoms with Gasteiger partial charge in [-0.25, -0.2) is 4.79 Å². The average molecular weight is 278 g/mol. The molecule has 0 heterocycles. The second-order valence-corrected chi connectivity index (χ2v) is 4.35. The maximum absolute atomic E-state index is 11.6. The fraction of sp³-hybridized carbons (Fsp3) is 0.438. The summed E-state index contributed by atoms with van der Waals surface area (Å²) < 4.78 is 16.2. The summed E-state index contributed by atoms with van der Waals surface area (Å²) in [7, 11) is 0. The lowest BCUT2D eigenvalue weighted by atomic mass is 10.1. The first-order valence-corrected chi connectivity index (χ1v) is 6.85. The molecule has 0 radical (unpaired) electrons. The van der Waals surface area contributed by atoms with E-state index in [1.54, 1.807) is 6.08 Å². The van der Waals surface area contributed by atoms with Gasteiger partial charge in [0.05, 0.1) is 24.9 Å². The Hall–Kier alpha value is -1.97. The van der Waals surface area contributed by atoms with Crippen LogP contribution in [0.5, 0.6) is 11.5 Å². The van der Waals surface area contributed by atoms with E-state index in [-0.39, 0.29) is 12.1 Å². The lowest BCUT2D eigenvalue weighted by Crippen LogP contribution is -2.08. The van der Waals surface area contributed by atoms with Crippen LogP contribution in [0.15, 0.2) is 24.3 Å². The number of benzene rings is 1. The number of hydrogen-bond donors (Lipinski definition) is 0. The number of carbonyl (C=O) groups is 1. The molecule has 0 saturated heterocycles.